The smallest absolute Gasteiger partial charge is 0.291 e. The van der Waals surface area contributed by atoms with Gasteiger partial charge in [0, 0.05) is 19.0 Å². The van der Waals surface area contributed by atoms with Gasteiger partial charge < -0.3 is 5.32 Å². The molecule has 4 rings (SSSR count). The van der Waals surface area contributed by atoms with E-state index in [2.05, 4.69) is 22.5 Å². The third-order valence-electron chi connectivity index (χ3n) is 5.36. The predicted octanol–water partition coefficient (Wildman–Crippen LogP) is 3.94. The summed E-state index contributed by atoms with van der Waals surface area (Å²) in [5, 5.41) is 9.54. The molecule has 0 saturated heterocycles. The van der Waals surface area contributed by atoms with E-state index in [1.54, 1.807) is 11.3 Å². The fourth-order valence-electron chi connectivity index (χ4n) is 3.82. The first-order valence-corrected chi connectivity index (χ1v) is 11.2. The maximum absolute atomic E-state index is 12.8. The van der Waals surface area contributed by atoms with Gasteiger partial charge in [0.25, 0.3) is 5.56 Å². The molecule has 6 nitrogen and oxygen atoms in total. The van der Waals surface area contributed by atoms with Crippen LogP contribution in [0, 0.1) is 6.92 Å². The number of rotatable bonds is 8. The molecule has 0 aliphatic carbocycles. The van der Waals surface area contributed by atoms with Crippen molar-refractivity contribution in [3.63, 3.8) is 0 Å². The average molecular weight is 423 g/mol. The molecule has 0 fully saturated rings. The predicted molar refractivity (Wildman–Crippen MR) is 121 cm³/mol. The Balaban J connectivity index is 1.31. The first-order valence-electron chi connectivity index (χ1n) is 10.3. The zero-order valence-electron chi connectivity index (χ0n) is 17.3. The second kappa shape index (κ2) is 8.83. The topological polar surface area (TPSA) is 68.4 Å². The van der Waals surface area contributed by atoms with E-state index in [0.717, 1.165) is 28.9 Å². The van der Waals surface area contributed by atoms with Gasteiger partial charge in [-0.2, -0.15) is 5.10 Å². The lowest BCUT2D eigenvalue weighted by Crippen LogP contribution is -2.33. The van der Waals surface area contributed by atoms with Crippen LogP contribution in [0.4, 0.5) is 0 Å². The van der Waals surface area contributed by atoms with E-state index in [-0.39, 0.29) is 17.5 Å². The van der Waals surface area contributed by atoms with Crippen LogP contribution in [0.2, 0.25) is 0 Å². The molecule has 1 unspecified atom stereocenters. The fourth-order valence-corrected chi connectivity index (χ4v) is 4.62. The Hall–Kier alpha value is -2.93. The number of nitrogens with one attached hydrogen (secondary N) is 1. The van der Waals surface area contributed by atoms with Crippen LogP contribution in [0.5, 0.6) is 0 Å². The summed E-state index contributed by atoms with van der Waals surface area (Å²) in [6.45, 7) is 4.37. The standard InChI is InChI=1S/C23H26N4O2S/c1-16(10-11-18-7-4-3-5-8-18)24-22(28)9-6-13-26-23(29)20-15-21-19(12-14-30-21)27(20)17(2)25-26/h3-5,7-8,12,14-16H,6,9-11,13H2,1-2H3,(H,24,28). The Bertz CT molecular complexity index is 1220. The molecular weight excluding hydrogens is 396 g/mol. The number of fused-ring (bicyclic) bond motifs is 3. The molecule has 156 valence electrons. The molecule has 3 heterocycles. The van der Waals surface area contributed by atoms with Gasteiger partial charge in [-0.3, -0.25) is 14.0 Å². The van der Waals surface area contributed by atoms with Crippen LogP contribution in [-0.2, 0) is 17.8 Å². The van der Waals surface area contributed by atoms with Crippen molar-refractivity contribution in [2.75, 3.05) is 0 Å². The summed E-state index contributed by atoms with van der Waals surface area (Å²) in [6, 6.07) is 14.3. The third kappa shape index (κ3) is 4.31. The average Bonchev–Trinajstić information content (AvgIpc) is 3.32. The Kier molecular flexibility index (Phi) is 5.99. The van der Waals surface area contributed by atoms with Gasteiger partial charge in [0.15, 0.2) is 0 Å². The monoisotopic (exact) mass is 422 g/mol. The molecule has 4 aromatic rings. The summed E-state index contributed by atoms with van der Waals surface area (Å²) in [4.78, 5) is 25.1. The van der Waals surface area contributed by atoms with E-state index in [9.17, 15) is 9.59 Å². The highest BCUT2D eigenvalue weighted by molar-refractivity contribution is 7.17. The van der Waals surface area contributed by atoms with Crippen LogP contribution in [0.1, 0.15) is 37.6 Å². The zero-order chi connectivity index (χ0) is 21.1. The molecule has 0 aliphatic heterocycles. The Morgan fingerprint density at radius 2 is 2.00 bits per heavy atom. The minimum atomic E-state index is -0.111. The largest absolute Gasteiger partial charge is 0.354 e. The molecule has 1 N–H and O–H groups in total. The highest BCUT2D eigenvalue weighted by Gasteiger charge is 2.13. The van der Waals surface area contributed by atoms with Crippen LogP contribution < -0.4 is 10.9 Å². The van der Waals surface area contributed by atoms with E-state index in [1.165, 1.54) is 10.2 Å². The quantitative estimate of drug-likeness (QED) is 0.468. The van der Waals surface area contributed by atoms with Gasteiger partial charge >= 0.3 is 0 Å². The van der Waals surface area contributed by atoms with E-state index in [4.69, 9.17) is 0 Å². The van der Waals surface area contributed by atoms with E-state index < -0.39 is 0 Å². The van der Waals surface area contributed by atoms with Gasteiger partial charge in [-0.15, -0.1) is 11.3 Å². The lowest BCUT2D eigenvalue weighted by Gasteiger charge is -2.14. The zero-order valence-corrected chi connectivity index (χ0v) is 18.1. The van der Waals surface area contributed by atoms with Crippen molar-refractivity contribution in [2.45, 2.75) is 52.1 Å². The van der Waals surface area contributed by atoms with E-state index in [0.29, 0.717) is 24.9 Å². The molecular formula is C23H26N4O2S. The maximum Gasteiger partial charge on any atom is 0.291 e. The molecule has 0 bridgehead atoms. The number of nitrogens with zero attached hydrogens (tertiary/aromatic N) is 3. The molecule has 1 aromatic carbocycles. The van der Waals surface area contributed by atoms with Crippen LogP contribution in [0.3, 0.4) is 0 Å². The number of hydrogen-bond acceptors (Lipinski definition) is 4. The molecule has 1 atom stereocenters. The van der Waals surface area contributed by atoms with Crippen molar-refractivity contribution >= 4 is 33.0 Å². The summed E-state index contributed by atoms with van der Waals surface area (Å²) in [7, 11) is 0. The van der Waals surface area contributed by atoms with Crippen molar-refractivity contribution in [2.24, 2.45) is 0 Å². The number of carbonyl (C=O) groups excluding carboxylic acids is 1. The van der Waals surface area contributed by atoms with Gasteiger partial charge in [0.2, 0.25) is 5.91 Å². The molecule has 7 heteroatoms. The van der Waals surface area contributed by atoms with Gasteiger partial charge in [-0.1, -0.05) is 30.3 Å². The normalized spacial score (nSPS) is 12.5. The third-order valence-corrected chi connectivity index (χ3v) is 6.21. The summed E-state index contributed by atoms with van der Waals surface area (Å²) >= 11 is 1.62. The maximum atomic E-state index is 12.8. The number of aromatic nitrogens is 3. The van der Waals surface area contributed by atoms with Crippen molar-refractivity contribution in [3.05, 3.63) is 69.6 Å². The summed E-state index contributed by atoms with van der Waals surface area (Å²) in [5.41, 5.74) is 2.83. The van der Waals surface area contributed by atoms with Crippen molar-refractivity contribution < 1.29 is 4.79 Å². The first-order chi connectivity index (χ1) is 14.5. The molecule has 30 heavy (non-hydrogen) atoms. The minimum Gasteiger partial charge on any atom is -0.354 e. The first kappa shape index (κ1) is 20.3. The van der Waals surface area contributed by atoms with Crippen molar-refractivity contribution in [1.29, 1.82) is 0 Å². The number of amides is 1. The lowest BCUT2D eigenvalue weighted by atomic mass is 10.1. The second-order valence-electron chi connectivity index (χ2n) is 7.71. The highest BCUT2D eigenvalue weighted by atomic mass is 32.1. The van der Waals surface area contributed by atoms with Crippen LogP contribution in [-0.4, -0.2) is 26.1 Å². The lowest BCUT2D eigenvalue weighted by molar-refractivity contribution is -0.121. The fraction of sp³-hybridized carbons (Fsp3) is 0.348. The molecule has 3 aromatic heterocycles. The Morgan fingerprint density at radius 3 is 2.80 bits per heavy atom. The molecule has 1 amide bonds. The highest BCUT2D eigenvalue weighted by Crippen LogP contribution is 2.24. The van der Waals surface area contributed by atoms with Crippen LogP contribution in [0.25, 0.3) is 15.7 Å². The number of aryl methyl sites for hydroxylation is 3. The number of benzene rings is 1. The van der Waals surface area contributed by atoms with E-state index in [1.807, 2.05) is 54.0 Å². The van der Waals surface area contributed by atoms with Gasteiger partial charge in [-0.05, 0) is 56.2 Å². The van der Waals surface area contributed by atoms with Crippen molar-refractivity contribution in [1.82, 2.24) is 19.5 Å². The number of hydrogen-bond donors (Lipinski definition) is 1. The van der Waals surface area contributed by atoms with Gasteiger partial charge in [0.1, 0.15) is 11.3 Å². The van der Waals surface area contributed by atoms with E-state index >= 15 is 0 Å². The second-order valence-corrected chi connectivity index (χ2v) is 8.65. The summed E-state index contributed by atoms with van der Waals surface area (Å²) in [6.07, 6.45) is 2.80. The van der Waals surface area contributed by atoms with Crippen LogP contribution in [0.15, 0.2) is 52.6 Å². The van der Waals surface area contributed by atoms with Crippen molar-refractivity contribution in [3.8, 4) is 0 Å². The molecule has 0 aliphatic rings. The van der Waals surface area contributed by atoms with Gasteiger partial charge in [0.05, 0.1) is 10.2 Å². The molecule has 0 spiro atoms. The molecule has 0 radical (unpaired) electrons. The minimum absolute atomic E-state index is 0.0182. The summed E-state index contributed by atoms with van der Waals surface area (Å²) in [5.74, 6) is 0.793. The number of thiophene rings is 1. The molecule has 0 saturated carbocycles. The summed E-state index contributed by atoms with van der Waals surface area (Å²) < 4.78 is 4.48. The van der Waals surface area contributed by atoms with Gasteiger partial charge in [-0.25, -0.2) is 4.68 Å². The Labute approximate surface area is 179 Å². The SMILES string of the molecule is Cc1nn(CCCC(=O)NC(C)CCc2ccccc2)c(=O)c2cc3sccc3n12. The number of carbonyl (C=O) groups is 1. The Morgan fingerprint density at radius 1 is 1.20 bits per heavy atom. The van der Waals surface area contributed by atoms with Crippen LogP contribution >= 0.6 is 11.3 Å².